The van der Waals surface area contributed by atoms with Gasteiger partial charge >= 0.3 is 21.7 Å². The van der Waals surface area contributed by atoms with Gasteiger partial charge in [0, 0.05) is 0 Å². The van der Waals surface area contributed by atoms with Crippen LogP contribution in [0.3, 0.4) is 0 Å². The molecule has 9 heteroatoms. The maximum Gasteiger partial charge on any atom is 4.00 e. The largest absolute Gasteiger partial charge is 4.00 e. The van der Waals surface area contributed by atoms with E-state index in [0.717, 1.165) is 0 Å². The van der Waals surface area contributed by atoms with Gasteiger partial charge in [0.2, 0.25) is 0 Å². The Balaban J connectivity index is -0.0000000720. The van der Waals surface area contributed by atoms with Crippen molar-refractivity contribution in [3.05, 3.63) is 0 Å². The molecule has 0 aliphatic carbocycles. The number of hydrogen-bond donors (Lipinski definition) is 0. The van der Waals surface area contributed by atoms with Crippen LogP contribution in [0, 0.1) is 0 Å². The Kier molecular flexibility index (Phi) is 21.2. The molecule has 0 amide bonds. The zero-order chi connectivity index (χ0) is 7.15. The van der Waals surface area contributed by atoms with Crippen LogP contribution in [-0.2, 0) is 44.4 Å². The van der Waals surface area contributed by atoms with Crippen LogP contribution >= 0.6 is 0 Å². The van der Waals surface area contributed by atoms with Crippen molar-refractivity contribution >= 4 is 22.7 Å². The van der Waals surface area contributed by atoms with Gasteiger partial charge in [-0.3, -0.25) is 8.42 Å². The zero-order valence-corrected chi connectivity index (χ0v) is 6.96. The molecule has 0 heterocycles. The molecule has 0 aromatic carbocycles. The van der Waals surface area contributed by atoms with Gasteiger partial charge in [-0.2, -0.15) is 0 Å². The normalized spacial score (nSPS) is 7.78. The fraction of sp³-hybridized carbons (Fsp3) is 0. The van der Waals surface area contributed by atoms with Crippen LogP contribution in [0.5, 0.6) is 0 Å². The van der Waals surface area contributed by atoms with Crippen LogP contribution in [-0.4, -0.2) is 26.6 Å². The Morgan fingerprint density at radius 3 is 0.778 bits per heavy atom. The van der Waals surface area contributed by atoms with E-state index in [0.29, 0.717) is 0 Å². The van der Waals surface area contributed by atoms with Crippen molar-refractivity contribution in [2.75, 3.05) is 0 Å². The minimum Gasteiger partial charge on any atom is -0.784 e. The average Bonchev–Trinajstić information content (AvgIpc) is 1.25. The maximum atomic E-state index is 8.44. The topological polar surface area (TPSA) is 126 Å². The molecule has 6 nitrogen and oxygen atoms in total. The Morgan fingerprint density at radius 2 is 0.778 bits per heavy atom. The van der Waals surface area contributed by atoms with Gasteiger partial charge in [0.15, 0.2) is 0 Å². The van der Waals surface area contributed by atoms with Gasteiger partial charge in [0.05, 0.1) is 0 Å². The van der Waals surface area contributed by atoms with Crippen molar-refractivity contribution in [3.8, 4) is 0 Å². The van der Waals surface area contributed by atoms with Crippen molar-refractivity contribution in [3.63, 3.8) is 0 Å². The molecular weight excluding hydrogens is 208 g/mol. The van der Waals surface area contributed by atoms with Crippen molar-refractivity contribution in [2.45, 2.75) is 0 Å². The zero-order valence-electron chi connectivity index (χ0n) is 3.77. The summed E-state index contributed by atoms with van der Waals surface area (Å²) >= 11 is -6.22. The fourth-order valence-corrected chi connectivity index (χ4v) is 0. The second-order valence-corrected chi connectivity index (χ2v) is 1.22. The fourth-order valence-electron chi connectivity index (χ4n) is 0. The molecule has 0 aliphatic rings. The van der Waals surface area contributed by atoms with Gasteiger partial charge in [-0.1, -0.05) is 0 Å². The summed E-state index contributed by atoms with van der Waals surface area (Å²) in [6.07, 6.45) is 0. The van der Waals surface area contributed by atoms with Gasteiger partial charge < -0.3 is 18.2 Å². The first-order chi connectivity index (χ1) is 3.46. The molecule has 9 heavy (non-hydrogen) atoms. The van der Waals surface area contributed by atoms with Gasteiger partial charge in [0.25, 0.3) is 0 Å². The van der Waals surface area contributed by atoms with Crippen LogP contribution in [0.25, 0.3) is 0 Å². The molecule has 0 aromatic rings. The third-order valence-corrected chi connectivity index (χ3v) is 0. The Hall–Kier alpha value is 0.854. The van der Waals surface area contributed by atoms with Crippen LogP contribution < -0.4 is 0 Å². The molecule has 0 atom stereocenters. The molecule has 0 unspecified atom stereocenters. The first-order valence-corrected chi connectivity index (χ1v) is 3.00. The van der Waals surface area contributed by atoms with E-state index in [9.17, 15) is 0 Å². The van der Waals surface area contributed by atoms with E-state index in [1.54, 1.807) is 0 Å². The number of rotatable bonds is 0. The SMILES string of the molecule is O=S([O-])[O-].O=S([O-])[O-].[Ti+4]. The van der Waals surface area contributed by atoms with E-state index < -0.39 is 22.7 Å². The second kappa shape index (κ2) is 11.6. The minimum absolute atomic E-state index is 0. The average molecular weight is 208 g/mol. The Morgan fingerprint density at radius 1 is 0.778 bits per heavy atom. The predicted octanol–water partition coefficient (Wildman–Crippen LogP) is -2.01. The van der Waals surface area contributed by atoms with E-state index in [2.05, 4.69) is 0 Å². The first-order valence-electron chi connectivity index (χ1n) is 1.00. The van der Waals surface area contributed by atoms with Crippen molar-refractivity contribution in [1.29, 1.82) is 0 Å². The monoisotopic (exact) mass is 208 g/mol. The summed E-state index contributed by atoms with van der Waals surface area (Å²) in [5.74, 6) is 0. The van der Waals surface area contributed by atoms with E-state index in [1.807, 2.05) is 0 Å². The summed E-state index contributed by atoms with van der Waals surface area (Å²) in [4.78, 5) is 0. The predicted molar refractivity (Wildman–Crippen MR) is 19.4 cm³/mol. The third-order valence-electron chi connectivity index (χ3n) is 0. The van der Waals surface area contributed by atoms with Gasteiger partial charge in [-0.15, -0.1) is 22.7 Å². The summed E-state index contributed by atoms with van der Waals surface area (Å²) in [6.45, 7) is 0. The molecule has 0 spiro atoms. The molecule has 0 bridgehead atoms. The Labute approximate surface area is 71.1 Å². The minimum atomic E-state index is -3.11. The maximum absolute atomic E-state index is 8.44. The van der Waals surface area contributed by atoms with Crippen LogP contribution in [0.2, 0.25) is 0 Å². The van der Waals surface area contributed by atoms with E-state index >= 15 is 0 Å². The summed E-state index contributed by atoms with van der Waals surface area (Å²) < 4.78 is 50.7. The molecule has 0 saturated carbocycles. The molecule has 0 aromatic heterocycles. The summed E-state index contributed by atoms with van der Waals surface area (Å²) in [5, 5.41) is 0. The molecule has 0 saturated heterocycles. The molecule has 0 aliphatic heterocycles. The third kappa shape index (κ3) is 570. The van der Waals surface area contributed by atoms with Crippen LogP contribution in [0.15, 0.2) is 0 Å². The second-order valence-electron chi connectivity index (χ2n) is 0.408. The smallest absolute Gasteiger partial charge is 0.784 e. The van der Waals surface area contributed by atoms with Gasteiger partial charge in [0.1, 0.15) is 0 Å². The van der Waals surface area contributed by atoms with Crippen molar-refractivity contribution < 1.29 is 48.3 Å². The van der Waals surface area contributed by atoms with Crippen molar-refractivity contribution in [1.82, 2.24) is 0 Å². The summed E-state index contributed by atoms with van der Waals surface area (Å²) in [5.41, 5.74) is 0. The number of hydrogen-bond acceptors (Lipinski definition) is 6. The standard InChI is InChI=1S/2H2O3S.Ti/c2*1-4(2)3;/h2*(H2,1,2,3);/q;;+4/p-4. The molecule has 0 fully saturated rings. The van der Waals surface area contributed by atoms with E-state index in [1.165, 1.54) is 0 Å². The molecule has 0 rings (SSSR count). The molecule has 0 radical (unpaired) electrons. The molecule has 52 valence electrons. The van der Waals surface area contributed by atoms with E-state index in [4.69, 9.17) is 26.6 Å². The van der Waals surface area contributed by atoms with Gasteiger partial charge in [-0.25, -0.2) is 0 Å². The van der Waals surface area contributed by atoms with Gasteiger partial charge in [-0.05, 0) is 0 Å². The Bertz CT molecular complexity index is 69.1. The molecule has 0 N–H and O–H groups in total. The van der Waals surface area contributed by atoms with Crippen LogP contribution in [0.1, 0.15) is 0 Å². The molecular formula is O6S2Ti. The van der Waals surface area contributed by atoms with Crippen LogP contribution in [0.4, 0.5) is 0 Å². The quantitative estimate of drug-likeness (QED) is 0.334. The summed E-state index contributed by atoms with van der Waals surface area (Å²) in [7, 11) is 0. The van der Waals surface area contributed by atoms with E-state index in [-0.39, 0.29) is 21.7 Å². The summed E-state index contributed by atoms with van der Waals surface area (Å²) in [6, 6.07) is 0. The first kappa shape index (κ1) is 16.4. The van der Waals surface area contributed by atoms with Crippen molar-refractivity contribution in [2.24, 2.45) is 0 Å².